The van der Waals surface area contributed by atoms with Gasteiger partial charge in [-0.1, -0.05) is 12.1 Å². The van der Waals surface area contributed by atoms with Crippen LogP contribution in [0.2, 0.25) is 0 Å². The highest BCUT2D eigenvalue weighted by Gasteiger charge is 2.29. The molecule has 3 rings (SSSR count). The second-order valence-electron chi connectivity index (χ2n) is 6.48. The Hall–Kier alpha value is -2.64. The molecule has 1 aliphatic rings. The van der Waals surface area contributed by atoms with E-state index >= 15 is 0 Å². The summed E-state index contributed by atoms with van der Waals surface area (Å²) in [4.78, 5) is 18.4. The zero-order valence-corrected chi connectivity index (χ0v) is 15.4. The Morgan fingerprint density at radius 3 is 2.89 bits per heavy atom. The highest BCUT2D eigenvalue weighted by molar-refractivity contribution is 5.92. The van der Waals surface area contributed by atoms with Crippen LogP contribution in [0.15, 0.2) is 48.7 Å². The van der Waals surface area contributed by atoms with Crippen molar-refractivity contribution in [3.8, 4) is 11.5 Å². The fraction of sp³-hybridized carbons (Fsp3) is 0.400. The van der Waals surface area contributed by atoms with Gasteiger partial charge in [-0.25, -0.2) is 0 Å². The Balaban J connectivity index is 1.42. The number of likely N-dealkylation sites (tertiary alicyclic amines) is 1. The quantitative estimate of drug-likeness (QED) is 0.764. The molecule has 0 saturated carbocycles. The van der Waals surface area contributed by atoms with Gasteiger partial charge in [-0.2, -0.15) is 0 Å². The third-order valence-corrected chi connectivity index (χ3v) is 4.60. The molecule has 0 bridgehead atoms. The van der Waals surface area contributed by atoms with Gasteiger partial charge >= 0.3 is 0 Å². The number of ether oxygens (including phenoxy) is 2. The van der Waals surface area contributed by atoms with E-state index in [1.165, 1.54) is 0 Å². The Morgan fingerprint density at radius 2 is 2.15 bits per heavy atom. The number of methoxy groups -OCH3 is 1. The number of pyridine rings is 1. The van der Waals surface area contributed by atoms with Crippen LogP contribution < -0.4 is 14.8 Å². The minimum absolute atomic E-state index is 0.255. The molecule has 1 amide bonds. The number of aliphatic hydroxyl groups is 1. The van der Waals surface area contributed by atoms with Crippen LogP contribution in [0.4, 0.5) is 0 Å². The van der Waals surface area contributed by atoms with E-state index in [1.54, 1.807) is 31.5 Å². The van der Waals surface area contributed by atoms with Crippen molar-refractivity contribution in [1.82, 2.24) is 15.2 Å². The summed E-state index contributed by atoms with van der Waals surface area (Å²) in [6, 6.07) is 12.4. The number of hydrogen-bond donors (Lipinski definition) is 2. The fourth-order valence-corrected chi connectivity index (χ4v) is 3.09. The zero-order valence-electron chi connectivity index (χ0n) is 15.4. The molecule has 144 valence electrons. The lowest BCUT2D eigenvalue weighted by Crippen LogP contribution is -2.54. The van der Waals surface area contributed by atoms with Gasteiger partial charge in [0.1, 0.15) is 23.8 Å². The zero-order chi connectivity index (χ0) is 19.1. The topological polar surface area (TPSA) is 83.9 Å². The van der Waals surface area contributed by atoms with Gasteiger partial charge in [0.05, 0.1) is 19.3 Å². The molecule has 1 aromatic heterocycles. The molecule has 7 nitrogen and oxygen atoms in total. The average Bonchev–Trinajstić information content (AvgIpc) is 2.71. The monoisotopic (exact) mass is 371 g/mol. The van der Waals surface area contributed by atoms with E-state index in [4.69, 9.17) is 9.47 Å². The molecule has 0 spiro atoms. The lowest BCUT2D eigenvalue weighted by molar-refractivity contribution is 0.0332. The maximum atomic E-state index is 12.2. The van der Waals surface area contributed by atoms with Crippen LogP contribution in [0.5, 0.6) is 11.5 Å². The highest BCUT2D eigenvalue weighted by atomic mass is 16.5. The largest absolute Gasteiger partial charge is 0.497 e. The van der Waals surface area contributed by atoms with Crippen LogP contribution in [0, 0.1) is 0 Å². The van der Waals surface area contributed by atoms with Crippen molar-refractivity contribution in [3.63, 3.8) is 0 Å². The van der Waals surface area contributed by atoms with E-state index in [2.05, 4.69) is 15.2 Å². The van der Waals surface area contributed by atoms with Crippen LogP contribution in [-0.2, 0) is 0 Å². The van der Waals surface area contributed by atoms with Crippen molar-refractivity contribution in [2.45, 2.75) is 18.6 Å². The number of piperidine rings is 1. The highest BCUT2D eigenvalue weighted by Crippen LogP contribution is 2.19. The lowest BCUT2D eigenvalue weighted by Gasteiger charge is -2.36. The third kappa shape index (κ3) is 5.42. The third-order valence-electron chi connectivity index (χ3n) is 4.60. The van der Waals surface area contributed by atoms with Gasteiger partial charge in [-0.3, -0.25) is 14.7 Å². The molecule has 1 aliphatic heterocycles. The number of aromatic nitrogens is 1. The molecule has 0 unspecified atom stereocenters. The number of nitrogens with zero attached hydrogens (tertiary/aromatic N) is 2. The number of β-amino-alcohol motifs (C(OH)–C–C–N with tert-alkyl or cyclic N) is 1. The smallest absolute Gasteiger partial charge is 0.270 e. The molecule has 1 fully saturated rings. The van der Waals surface area contributed by atoms with E-state index in [1.807, 2.05) is 24.3 Å². The lowest BCUT2D eigenvalue weighted by atomic mass is 10.0. The van der Waals surface area contributed by atoms with E-state index in [0.29, 0.717) is 31.8 Å². The van der Waals surface area contributed by atoms with Crippen molar-refractivity contribution >= 4 is 5.91 Å². The van der Waals surface area contributed by atoms with E-state index in [-0.39, 0.29) is 11.9 Å². The van der Waals surface area contributed by atoms with Crippen molar-refractivity contribution in [2.75, 3.05) is 33.4 Å². The maximum Gasteiger partial charge on any atom is 0.270 e. The summed E-state index contributed by atoms with van der Waals surface area (Å²) in [6.45, 7) is 2.50. The van der Waals surface area contributed by atoms with Crippen LogP contribution in [0.3, 0.4) is 0 Å². The molecular weight excluding hydrogens is 346 g/mol. The second kappa shape index (κ2) is 9.34. The van der Waals surface area contributed by atoms with Gasteiger partial charge < -0.3 is 19.9 Å². The molecule has 27 heavy (non-hydrogen) atoms. The van der Waals surface area contributed by atoms with Gasteiger partial charge in [-0.05, 0) is 30.7 Å². The minimum Gasteiger partial charge on any atom is -0.497 e. The molecular formula is C20H25N3O4. The fourth-order valence-electron chi connectivity index (χ4n) is 3.09. The number of benzene rings is 1. The first-order chi connectivity index (χ1) is 13.2. The van der Waals surface area contributed by atoms with Crippen LogP contribution >= 0.6 is 0 Å². The Labute approximate surface area is 158 Å². The van der Waals surface area contributed by atoms with Gasteiger partial charge in [0.2, 0.25) is 0 Å². The standard InChI is InChI=1S/C20H25N3O4/c1-26-15-5-4-6-16(13-15)27-12-11-23-10-8-17(19(24)14-23)22-20(25)18-7-2-3-9-21-18/h2-7,9,13,17,19,24H,8,10-12,14H2,1H3,(H,22,25)/t17-,19-/m1/s1. The number of amides is 1. The first-order valence-electron chi connectivity index (χ1n) is 9.05. The molecule has 0 aliphatic carbocycles. The van der Waals surface area contributed by atoms with Crippen LogP contribution in [0.25, 0.3) is 0 Å². The Bertz CT molecular complexity index is 741. The first kappa shape index (κ1) is 19.1. The minimum atomic E-state index is -0.622. The van der Waals surface area contributed by atoms with E-state index < -0.39 is 6.10 Å². The summed E-state index contributed by atoms with van der Waals surface area (Å²) in [5.41, 5.74) is 0.360. The number of carbonyl (C=O) groups excluding carboxylic acids is 1. The van der Waals surface area contributed by atoms with Crippen molar-refractivity contribution in [2.24, 2.45) is 0 Å². The van der Waals surface area contributed by atoms with Crippen molar-refractivity contribution in [3.05, 3.63) is 54.4 Å². The van der Waals surface area contributed by atoms with Crippen LogP contribution in [0.1, 0.15) is 16.9 Å². The number of hydrogen-bond acceptors (Lipinski definition) is 6. The summed E-state index contributed by atoms with van der Waals surface area (Å²) >= 11 is 0. The molecule has 2 aromatic rings. The molecule has 7 heteroatoms. The molecule has 2 atom stereocenters. The SMILES string of the molecule is COc1cccc(OCCN2CC[C@@H](NC(=O)c3ccccn3)[C@H](O)C2)c1. The van der Waals surface area contributed by atoms with Gasteiger partial charge in [0, 0.05) is 31.9 Å². The molecule has 2 heterocycles. The number of aliphatic hydroxyl groups excluding tert-OH is 1. The number of nitrogens with one attached hydrogen (secondary N) is 1. The maximum absolute atomic E-state index is 12.2. The Morgan fingerprint density at radius 1 is 1.30 bits per heavy atom. The number of carbonyl (C=O) groups is 1. The van der Waals surface area contributed by atoms with E-state index in [0.717, 1.165) is 18.0 Å². The molecule has 1 aromatic carbocycles. The summed E-state index contributed by atoms with van der Waals surface area (Å²) < 4.78 is 10.9. The summed E-state index contributed by atoms with van der Waals surface area (Å²) in [5, 5.41) is 13.3. The summed E-state index contributed by atoms with van der Waals surface area (Å²) in [7, 11) is 1.62. The van der Waals surface area contributed by atoms with Gasteiger partial charge in [0.25, 0.3) is 5.91 Å². The molecule has 1 saturated heterocycles. The summed E-state index contributed by atoms with van der Waals surface area (Å²) in [5.74, 6) is 1.26. The van der Waals surface area contributed by atoms with Crippen molar-refractivity contribution in [1.29, 1.82) is 0 Å². The normalized spacial score (nSPS) is 20.1. The van der Waals surface area contributed by atoms with Gasteiger partial charge in [0.15, 0.2) is 0 Å². The van der Waals surface area contributed by atoms with E-state index in [9.17, 15) is 9.90 Å². The van der Waals surface area contributed by atoms with Crippen molar-refractivity contribution < 1.29 is 19.4 Å². The van der Waals surface area contributed by atoms with Crippen LogP contribution in [-0.4, -0.2) is 66.4 Å². The predicted octanol–water partition coefficient (Wildman–Crippen LogP) is 1.33. The first-order valence-corrected chi connectivity index (χ1v) is 9.05. The molecule has 2 N–H and O–H groups in total. The number of rotatable bonds is 7. The predicted molar refractivity (Wildman–Crippen MR) is 101 cm³/mol. The Kier molecular flexibility index (Phi) is 6.62. The average molecular weight is 371 g/mol. The second-order valence-corrected chi connectivity index (χ2v) is 6.48. The summed E-state index contributed by atoms with van der Waals surface area (Å²) in [6.07, 6.45) is 1.64. The van der Waals surface area contributed by atoms with Gasteiger partial charge in [-0.15, -0.1) is 0 Å². The molecule has 0 radical (unpaired) electrons.